The fraction of sp³-hybridized carbons (Fsp3) is 1.00. The monoisotopic (exact) mass is 172 g/mol. The quantitative estimate of drug-likeness (QED) is 0.693. The van der Waals surface area contributed by atoms with E-state index in [1.54, 1.807) is 0 Å². The van der Waals surface area contributed by atoms with Crippen molar-refractivity contribution in [1.82, 2.24) is 0 Å². The Hall–Kier alpha value is -0.0400. The van der Waals surface area contributed by atoms with Gasteiger partial charge in [0.05, 0.1) is 6.10 Å². The van der Waals surface area contributed by atoms with Crippen LogP contribution in [0.15, 0.2) is 0 Å². The van der Waals surface area contributed by atoms with E-state index in [4.69, 9.17) is 0 Å². The molecule has 0 bridgehead atoms. The van der Waals surface area contributed by atoms with Crippen molar-refractivity contribution in [1.29, 1.82) is 0 Å². The second-order valence-electron chi connectivity index (χ2n) is 5.02. The summed E-state index contributed by atoms with van der Waals surface area (Å²) in [4.78, 5) is 0. The van der Waals surface area contributed by atoms with Crippen molar-refractivity contribution in [2.24, 2.45) is 17.3 Å². The van der Waals surface area contributed by atoms with Crippen LogP contribution in [-0.2, 0) is 0 Å². The minimum Gasteiger partial charge on any atom is -0.393 e. The van der Waals surface area contributed by atoms with E-state index in [1.807, 2.05) is 6.92 Å². The largest absolute Gasteiger partial charge is 0.393 e. The molecule has 0 saturated heterocycles. The van der Waals surface area contributed by atoms with Crippen LogP contribution in [0.25, 0.3) is 0 Å². The zero-order chi connectivity index (χ0) is 9.94. The first-order valence-corrected chi connectivity index (χ1v) is 4.98. The zero-order valence-electron chi connectivity index (χ0n) is 9.39. The van der Waals surface area contributed by atoms with Gasteiger partial charge in [-0.15, -0.1) is 0 Å². The van der Waals surface area contributed by atoms with Gasteiger partial charge in [-0.2, -0.15) is 0 Å². The van der Waals surface area contributed by atoms with E-state index in [-0.39, 0.29) is 11.5 Å². The average Bonchev–Trinajstić information content (AvgIpc) is 1.83. The minimum atomic E-state index is -0.194. The maximum absolute atomic E-state index is 9.65. The van der Waals surface area contributed by atoms with Gasteiger partial charge in [0.25, 0.3) is 0 Å². The molecule has 0 saturated carbocycles. The van der Waals surface area contributed by atoms with Crippen molar-refractivity contribution in [3.05, 3.63) is 0 Å². The minimum absolute atomic E-state index is 0.194. The van der Waals surface area contributed by atoms with E-state index < -0.39 is 0 Å². The molecule has 0 heterocycles. The molecule has 0 aliphatic rings. The van der Waals surface area contributed by atoms with Crippen LogP contribution in [-0.4, -0.2) is 11.2 Å². The Balaban J connectivity index is 4.44. The lowest BCUT2D eigenvalue weighted by Gasteiger charge is -2.37. The molecule has 0 aliphatic carbocycles. The summed E-state index contributed by atoms with van der Waals surface area (Å²) in [5.41, 5.74) is 0.212. The fourth-order valence-corrected chi connectivity index (χ4v) is 2.31. The third-order valence-electron chi connectivity index (χ3n) is 2.78. The number of aliphatic hydroxyl groups excluding tert-OH is 1. The molecule has 0 rings (SSSR count). The molecule has 1 N–H and O–H groups in total. The molecule has 0 fully saturated rings. The highest BCUT2D eigenvalue weighted by Gasteiger charge is 2.32. The molecular weight excluding hydrogens is 148 g/mol. The Bertz CT molecular complexity index is 121. The van der Waals surface area contributed by atoms with Crippen molar-refractivity contribution in [2.45, 2.75) is 54.1 Å². The predicted octanol–water partition coefficient (Wildman–Crippen LogP) is 3.08. The first kappa shape index (κ1) is 12.0. The maximum atomic E-state index is 9.65. The molecule has 1 heteroatoms. The molecule has 74 valence electrons. The van der Waals surface area contributed by atoms with Crippen LogP contribution in [0.3, 0.4) is 0 Å². The first-order chi connectivity index (χ1) is 5.30. The van der Waals surface area contributed by atoms with Gasteiger partial charge in [-0.3, -0.25) is 0 Å². The molecule has 12 heavy (non-hydrogen) atoms. The SMILES string of the molecule is CCC(C)C(C(C)O)C(C)(C)C. The summed E-state index contributed by atoms with van der Waals surface area (Å²) < 4.78 is 0. The highest BCUT2D eigenvalue weighted by Crippen LogP contribution is 2.35. The van der Waals surface area contributed by atoms with Crippen LogP contribution in [0.1, 0.15) is 48.0 Å². The van der Waals surface area contributed by atoms with Gasteiger partial charge < -0.3 is 5.11 Å². The Morgan fingerprint density at radius 3 is 1.67 bits per heavy atom. The maximum Gasteiger partial charge on any atom is 0.0547 e. The molecule has 3 atom stereocenters. The van der Waals surface area contributed by atoms with E-state index in [1.165, 1.54) is 0 Å². The summed E-state index contributed by atoms with van der Waals surface area (Å²) in [6.07, 6.45) is 0.951. The highest BCUT2D eigenvalue weighted by atomic mass is 16.3. The topological polar surface area (TPSA) is 20.2 Å². The lowest BCUT2D eigenvalue weighted by Crippen LogP contribution is -2.35. The zero-order valence-corrected chi connectivity index (χ0v) is 9.39. The molecule has 0 aromatic heterocycles. The summed E-state index contributed by atoms with van der Waals surface area (Å²) >= 11 is 0. The van der Waals surface area contributed by atoms with Gasteiger partial charge in [-0.25, -0.2) is 0 Å². The van der Waals surface area contributed by atoms with Gasteiger partial charge in [0.15, 0.2) is 0 Å². The van der Waals surface area contributed by atoms with Gasteiger partial charge in [0.1, 0.15) is 0 Å². The summed E-state index contributed by atoms with van der Waals surface area (Å²) in [5.74, 6) is 1.01. The normalized spacial score (nSPS) is 20.2. The van der Waals surface area contributed by atoms with Crippen molar-refractivity contribution in [3.63, 3.8) is 0 Å². The standard InChI is InChI=1S/C11H24O/c1-7-8(2)10(9(3)12)11(4,5)6/h8-10,12H,7H2,1-6H3. The Labute approximate surface area is 77.2 Å². The number of rotatable bonds is 3. The molecule has 3 unspecified atom stereocenters. The smallest absolute Gasteiger partial charge is 0.0547 e. The number of hydrogen-bond acceptors (Lipinski definition) is 1. The van der Waals surface area contributed by atoms with E-state index >= 15 is 0 Å². The molecule has 0 aromatic carbocycles. The summed E-state index contributed by atoms with van der Waals surface area (Å²) in [6, 6.07) is 0. The van der Waals surface area contributed by atoms with E-state index in [9.17, 15) is 5.11 Å². The predicted molar refractivity (Wildman–Crippen MR) is 54.1 cm³/mol. The third-order valence-corrected chi connectivity index (χ3v) is 2.78. The van der Waals surface area contributed by atoms with E-state index in [2.05, 4.69) is 34.6 Å². The first-order valence-electron chi connectivity index (χ1n) is 4.98. The Morgan fingerprint density at radius 2 is 1.58 bits per heavy atom. The van der Waals surface area contributed by atoms with Crippen molar-refractivity contribution >= 4 is 0 Å². The second-order valence-corrected chi connectivity index (χ2v) is 5.02. The van der Waals surface area contributed by atoms with E-state index in [0.29, 0.717) is 11.8 Å². The van der Waals surface area contributed by atoms with Gasteiger partial charge in [-0.05, 0) is 24.2 Å². The number of hydrogen-bond donors (Lipinski definition) is 1. The lowest BCUT2D eigenvalue weighted by molar-refractivity contribution is 0.0194. The molecule has 1 nitrogen and oxygen atoms in total. The van der Waals surface area contributed by atoms with Crippen LogP contribution >= 0.6 is 0 Å². The lowest BCUT2D eigenvalue weighted by atomic mass is 9.70. The van der Waals surface area contributed by atoms with E-state index in [0.717, 1.165) is 6.42 Å². The second kappa shape index (κ2) is 4.27. The van der Waals surface area contributed by atoms with Gasteiger partial charge in [0, 0.05) is 0 Å². The van der Waals surface area contributed by atoms with Crippen LogP contribution in [0.4, 0.5) is 0 Å². The Kier molecular flexibility index (Phi) is 4.25. The van der Waals surface area contributed by atoms with Gasteiger partial charge >= 0.3 is 0 Å². The summed E-state index contributed by atoms with van der Waals surface area (Å²) in [6.45, 7) is 12.9. The van der Waals surface area contributed by atoms with Gasteiger partial charge in [0.2, 0.25) is 0 Å². The Morgan fingerprint density at radius 1 is 1.17 bits per heavy atom. The van der Waals surface area contributed by atoms with Crippen LogP contribution in [0.2, 0.25) is 0 Å². The van der Waals surface area contributed by atoms with Crippen molar-refractivity contribution < 1.29 is 5.11 Å². The summed E-state index contributed by atoms with van der Waals surface area (Å²) in [7, 11) is 0. The number of aliphatic hydroxyl groups is 1. The highest BCUT2D eigenvalue weighted by molar-refractivity contribution is 4.81. The van der Waals surface area contributed by atoms with Crippen molar-refractivity contribution in [2.75, 3.05) is 0 Å². The molecule has 0 spiro atoms. The molecule has 0 aromatic rings. The molecule has 0 amide bonds. The summed E-state index contributed by atoms with van der Waals surface area (Å²) in [5, 5.41) is 9.65. The van der Waals surface area contributed by atoms with Crippen LogP contribution in [0, 0.1) is 17.3 Å². The average molecular weight is 172 g/mol. The molecule has 0 aliphatic heterocycles. The van der Waals surface area contributed by atoms with Crippen LogP contribution in [0.5, 0.6) is 0 Å². The molecule has 0 radical (unpaired) electrons. The fourth-order valence-electron chi connectivity index (χ4n) is 2.31. The van der Waals surface area contributed by atoms with Crippen LogP contribution < -0.4 is 0 Å². The molecular formula is C11H24O. The van der Waals surface area contributed by atoms with Gasteiger partial charge in [-0.1, -0.05) is 41.0 Å². The third kappa shape index (κ3) is 3.14. The van der Waals surface area contributed by atoms with Crippen molar-refractivity contribution in [3.8, 4) is 0 Å².